The van der Waals surface area contributed by atoms with Gasteiger partial charge in [-0.15, -0.1) is 0 Å². The van der Waals surface area contributed by atoms with Gasteiger partial charge in [-0.1, -0.05) is 37.3 Å². The topological polar surface area (TPSA) is 105 Å². The summed E-state index contributed by atoms with van der Waals surface area (Å²) in [5, 5.41) is 24.7. The van der Waals surface area contributed by atoms with Crippen molar-refractivity contribution in [2.45, 2.75) is 69.5 Å². The van der Waals surface area contributed by atoms with Gasteiger partial charge >= 0.3 is 0 Å². The third kappa shape index (κ3) is 4.38. The molecule has 44 heavy (non-hydrogen) atoms. The first-order chi connectivity index (χ1) is 20.9. The minimum Gasteiger partial charge on any atom is -0.390 e. The summed E-state index contributed by atoms with van der Waals surface area (Å²) < 4.78 is 33.1. The van der Waals surface area contributed by atoms with E-state index in [1.165, 1.54) is 19.1 Å². The van der Waals surface area contributed by atoms with Crippen LogP contribution in [0, 0.1) is 22.7 Å². The van der Waals surface area contributed by atoms with Crippen LogP contribution in [0.5, 0.6) is 5.75 Å². The Kier molecular flexibility index (Phi) is 7.58. The molecule has 3 fully saturated rings. The molecule has 0 bridgehead atoms. The maximum atomic E-state index is 17.4. The second kappa shape index (κ2) is 10.9. The number of carbonyl (C=O) groups excluding carboxylic acids is 2. The summed E-state index contributed by atoms with van der Waals surface area (Å²) in [5.41, 5.74) is -3.41. The van der Waals surface area contributed by atoms with E-state index in [1.807, 2.05) is 43.4 Å². The largest absolute Gasteiger partial charge is 0.390 e. The van der Waals surface area contributed by atoms with Gasteiger partial charge in [-0.2, -0.15) is 4.89 Å². The molecule has 0 heterocycles. The standard InChI is InChI=1S/C35H39F2NO6/c1-32-14-12-24(40)17-28(32)29(36)18-27-26-13-15-34(31(42)20-39,33(26,2)19-30(41)35(27,32)37)44-43-25-10-6-22(7-11-25)16-21-4-8-23(38-3)9-5-21/h4-12,14,17,26-27,29-30,38-39,41H,13,15-16,18-20H2,1-3H3/t26?,27?,29-,30?,32?,33?,34?,35-/m0/s1. The maximum absolute atomic E-state index is 17.4. The van der Waals surface area contributed by atoms with Crippen molar-refractivity contribution in [2.24, 2.45) is 22.7 Å². The number of ketones is 2. The zero-order chi connectivity index (χ0) is 31.5. The molecule has 0 aromatic heterocycles. The lowest BCUT2D eigenvalue weighted by Crippen LogP contribution is -2.70. The van der Waals surface area contributed by atoms with Crippen LogP contribution in [-0.2, 0) is 20.9 Å². The van der Waals surface area contributed by atoms with E-state index in [1.54, 1.807) is 19.1 Å². The molecule has 3 saturated carbocycles. The van der Waals surface area contributed by atoms with Crippen molar-refractivity contribution < 1.29 is 38.4 Å². The van der Waals surface area contributed by atoms with Crippen LogP contribution in [0.25, 0.3) is 0 Å². The Balaban J connectivity index is 1.26. The van der Waals surface area contributed by atoms with E-state index >= 15 is 8.78 Å². The van der Waals surface area contributed by atoms with E-state index in [2.05, 4.69) is 5.32 Å². The average Bonchev–Trinajstić information content (AvgIpc) is 3.31. The highest BCUT2D eigenvalue weighted by Crippen LogP contribution is 2.70. The van der Waals surface area contributed by atoms with Gasteiger partial charge in [-0.25, -0.2) is 8.78 Å². The van der Waals surface area contributed by atoms with Crippen molar-refractivity contribution >= 4 is 17.3 Å². The molecule has 4 aliphatic rings. The van der Waals surface area contributed by atoms with Crippen molar-refractivity contribution in [1.29, 1.82) is 0 Å². The Bertz CT molecular complexity index is 1510. The van der Waals surface area contributed by atoms with Gasteiger partial charge in [0.25, 0.3) is 0 Å². The molecule has 4 aliphatic carbocycles. The van der Waals surface area contributed by atoms with E-state index in [-0.39, 0.29) is 24.8 Å². The molecule has 0 amide bonds. The fourth-order valence-electron chi connectivity index (χ4n) is 8.77. The number of halogens is 2. The van der Waals surface area contributed by atoms with Crippen LogP contribution in [-0.4, -0.2) is 59.0 Å². The quantitative estimate of drug-likeness (QED) is 0.278. The second-order valence-corrected chi connectivity index (χ2v) is 13.2. The number of allylic oxidation sites excluding steroid dienone is 4. The third-order valence-electron chi connectivity index (χ3n) is 11.2. The summed E-state index contributed by atoms with van der Waals surface area (Å²) in [6, 6.07) is 15.3. The number of anilines is 1. The minimum atomic E-state index is -2.27. The molecule has 2 aromatic rings. The number of carbonyl (C=O) groups is 2. The zero-order valence-electron chi connectivity index (χ0n) is 25.2. The fraction of sp³-hybridized carbons (Fsp3) is 0.486. The van der Waals surface area contributed by atoms with Crippen LogP contribution in [0.2, 0.25) is 0 Å². The van der Waals surface area contributed by atoms with Crippen molar-refractivity contribution in [3.8, 4) is 5.75 Å². The molecule has 0 saturated heterocycles. The van der Waals surface area contributed by atoms with Crippen molar-refractivity contribution in [3.63, 3.8) is 0 Å². The highest BCUT2D eigenvalue weighted by Gasteiger charge is 2.76. The summed E-state index contributed by atoms with van der Waals surface area (Å²) in [6.07, 6.45) is 1.30. The molecule has 234 valence electrons. The van der Waals surface area contributed by atoms with Gasteiger partial charge in [-0.05, 0) is 98.1 Å². The van der Waals surface area contributed by atoms with Crippen LogP contribution in [0.3, 0.4) is 0 Å². The average molecular weight is 608 g/mol. The summed E-state index contributed by atoms with van der Waals surface area (Å²) in [5.74, 6) is -2.23. The van der Waals surface area contributed by atoms with Crippen molar-refractivity contribution in [1.82, 2.24) is 0 Å². The first kappa shape index (κ1) is 30.6. The van der Waals surface area contributed by atoms with Crippen LogP contribution in [0.1, 0.15) is 50.7 Å². The summed E-state index contributed by atoms with van der Waals surface area (Å²) in [7, 11) is 1.87. The predicted molar refractivity (Wildman–Crippen MR) is 160 cm³/mol. The van der Waals surface area contributed by atoms with Gasteiger partial charge in [0.15, 0.2) is 28.6 Å². The van der Waals surface area contributed by atoms with Crippen molar-refractivity contribution in [2.75, 3.05) is 19.0 Å². The molecule has 0 aliphatic heterocycles. The second-order valence-electron chi connectivity index (χ2n) is 13.2. The highest BCUT2D eigenvalue weighted by atomic mass is 19.1. The monoisotopic (exact) mass is 607 g/mol. The molecule has 3 N–H and O–H groups in total. The van der Waals surface area contributed by atoms with Crippen LogP contribution >= 0.6 is 0 Å². The SMILES string of the molecule is CNc1ccc(Cc2ccc(OOC3(C(=O)CO)CCC4C5C[C@H](F)C6=CC(=O)C=CC6(C)[C@@]5(F)C(O)CC43C)cc2)cc1. The Morgan fingerprint density at radius 2 is 1.73 bits per heavy atom. The summed E-state index contributed by atoms with van der Waals surface area (Å²) >= 11 is 0. The number of aliphatic hydroxyl groups is 2. The number of rotatable bonds is 8. The number of Topliss-reactive ketones (excluding diaryl/α,β-unsaturated/α-hetero) is 1. The Hall–Kier alpha value is -3.40. The number of nitrogens with one attached hydrogen (secondary N) is 1. The van der Waals surface area contributed by atoms with E-state index in [4.69, 9.17) is 9.78 Å². The number of benzene rings is 2. The normalized spacial score (nSPS) is 37.4. The van der Waals surface area contributed by atoms with Gasteiger partial charge in [0.05, 0.1) is 6.10 Å². The highest BCUT2D eigenvalue weighted by molar-refractivity contribution is 6.01. The van der Waals surface area contributed by atoms with Gasteiger partial charge < -0.3 is 20.4 Å². The van der Waals surface area contributed by atoms with Gasteiger partial charge in [-0.3, -0.25) is 9.59 Å². The number of fused-ring (bicyclic) bond motifs is 5. The number of alkyl halides is 2. The number of hydrogen-bond donors (Lipinski definition) is 3. The molecule has 0 radical (unpaired) electrons. The lowest BCUT2D eigenvalue weighted by atomic mass is 9.44. The van der Waals surface area contributed by atoms with Gasteiger partial charge in [0, 0.05) is 29.5 Å². The van der Waals surface area contributed by atoms with Gasteiger partial charge in [0.2, 0.25) is 0 Å². The third-order valence-corrected chi connectivity index (χ3v) is 11.2. The van der Waals surface area contributed by atoms with E-state index in [9.17, 15) is 19.8 Å². The fourth-order valence-corrected chi connectivity index (χ4v) is 8.77. The summed E-state index contributed by atoms with van der Waals surface area (Å²) in [4.78, 5) is 37.3. The summed E-state index contributed by atoms with van der Waals surface area (Å²) in [6.45, 7) is 2.45. The Labute approximate surface area is 255 Å². The Morgan fingerprint density at radius 1 is 1.07 bits per heavy atom. The molecule has 6 rings (SSSR count). The molecule has 7 nitrogen and oxygen atoms in total. The number of aliphatic hydroxyl groups excluding tert-OH is 2. The molecule has 8 atom stereocenters. The van der Waals surface area contributed by atoms with Crippen LogP contribution in [0.15, 0.2) is 72.3 Å². The molecular weight excluding hydrogens is 568 g/mol. The zero-order valence-corrected chi connectivity index (χ0v) is 25.2. The predicted octanol–water partition coefficient (Wildman–Crippen LogP) is 5.25. The molecule has 2 aromatic carbocycles. The maximum Gasteiger partial charge on any atom is 0.194 e. The van der Waals surface area contributed by atoms with Crippen LogP contribution in [0.4, 0.5) is 14.5 Å². The smallest absolute Gasteiger partial charge is 0.194 e. The Morgan fingerprint density at radius 3 is 2.36 bits per heavy atom. The van der Waals surface area contributed by atoms with E-state index in [0.29, 0.717) is 18.6 Å². The first-order valence-electron chi connectivity index (χ1n) is 15.2. The van der Waals surface area contributed by atoms with E-state index in [0.717, 1.165) is 22.9 Å². The van der Waals surface area contributed by atoms with Crippen molar-refractivity contribution in [3.05, 3.63) is 83.5 Å². The molecule has 9 heteroatoms. The molecule has 0 spiro atoms. The first-order valence-corrected chi connectivity index (χ1v) is 15.2. The van der Waals surface area contributed by atoms with E-state index < -0.39 is 64.4 Å². The minimum absolute atomic E-state index is 0.0418. The molecule has 6 unspecified atom stereocenters. The number of hydrogen-bond acceptors (Lipinski definition) is 7. The lowest BCUT2D eigenvalue weighted by molar-refractivity contribution is -0.323. The molecular formula is C35H39F2NO6. The van der Waals surface area contributed by atoms with Gasteiger partial charge in [0.1, 0.15) is 12.8 Å². The lowest BCUT2D eigenvalue weighted by Gasteiger charge is -2.63. The van der Waals surface area contributed by atoms with Crippen LogP contribution < -0.4 is 10.2 Å².